The average Bonchev–Trinajstić information content (AvgIpc) is 2.72. The molecule has 0 saturated carbocycles. The summed E-state index contributed by atoms with van der Waals surface area (Å²) in [6.45, 7) is 2.36. The van der Waals surface area contributed by atoms with Gasteiger partial charge in [-0.2, -0.15) is 0 Å². The van der Waals surface area contributed by atoms with E-state index in [-0.39, 0.29) is 12.7 Å². The van der Waals surface area contributed by atoms with E-state index in [1.54, 1.807) is 11.3 Å². The number of aliphatic hydroxyl groups is 1. The molecular weight excluding hydrogens is 188 g/mol. The van der Waals surface area contributed by atoms with E-state index < -0.39 is 5.79 Å². The van der Waals surface area contributed by atoms with Gasteiger partial charge < -0.3 is 14.6 Å². The van der Waals surface area contributed by atoms with Crippen molar-refractivity contribution in [3.05, 3.63) is 22.4 Å². The molecule has 0 spiro atoms. The number of thiophene rings is 1. The van der Waals surface area contributed by atoms with Crippen LogP contribution < -0.4 is 0 Å². The topological polar surface area (TPSA) is 38.7 Å². The second-order valence-corrected chi connectivity index (χ2v) is 4.10. The first-order chi connectivity index (χ1) is 6.24. The van der Waals surface area contributed by atoms with E-state index in [1.165, 1.54) is 0 Å². The van der Waals surface area contributed by atoms with Crippen LogP contribution in [0.5, 0.6) is 0 Å². The molecule has 4 heteroatoms. The molecule has 2 atom stereocenters. The van der Waals surface area contributed by atoms with Crippen LogP contribution in [0.4, 0.5) is 0 Å². The van der Waals surface area contributed by atoms with Crippen molar-refractivity contribution in [2.45, 2.75) is 18.8 Å². The lowest BCUT2D eigenvalue weighted by atomic mass is 10.2. The van der Waals surface area contributed by atoms with Crippen LogP contribution in [0.3, 0.4) is 0 Å². The second kappa shape index (κ2) is 3.38. The lowest BCUT2D eigenvalue weighted by molar-refractivity contribution is -0.162. The zero-order valence-electron chi connectivity index (χ0n) is 7.40. The highest BCUT2D eigenvalue weighted by Gasteiger charge is 2.39. The molecule has 1 aromatic heterocycles. The van der Waals surface area contributed by atoms with Gasteiger partial charge in [-0.3, -0.25) is 0 Å². The van der Waals surface area contributed by atoms with Gasteiger partial charge in [-0.15, -0.1) is 11.3 Å². The third-order valence-electron chi connectivity index (χ3n) is 2.11. The molecule has 1 fully saturated rings. The molecule has 3 nitrogen and oxygen atoms in total. The Morgan fingerprint density at radius 3 is 3.15 bits per heavy atom. The van der Waals surface area contributed by atoms with Crippen molar-refractivity contribution >= 4 is 11.3 Å². The zero-order valence-corrected chi connectivity index (χ0v) is 8.21. The Hall–Kier alpha value is -0.420. The monoisotopic (exact) mass is 200 g/mol. The van der Waals surface area contributed by atoms with Crippen LogP contribution >= 0.6 is 11.3 Å². The molecule has 2 rings (SSSR count). The van der Waals surface area contributed by atoms with Gasteiger partial charge in [0.2, 0.25) is 5.79 Å². The number of ether oxygens (including phenoxy) is 2. The maximum Gasteiger partial charge on any atom is 0.201 e. The number of rotatable bonds is 2. The average molecular weight is 200 g/mol. The fraction of sp³-hybridized carbons (Fsp3) is 0.556. The highest BCUT2D eigenvalue weighted by molar-refractivity contribution is 7.10. The molecule has 0 bridgehead atoms. The van der Waals surface area contributed by atoms with Crippen molar-refractivity contribution in [2.24, 2.45) is 0 Å². The van der Waals surface area contributed by atoms with Gasteiger partial charge in [-0.1, -0.05) is 6.07 Å². The molecule has 72 valence electrons. The molecule has 2 unspecified atom stereocenters. The minimum Gasteiger partial charge on any atom is -0.394 e. The maximum atomic E-state index is 8.89. The van der Waals surface area contributed by atoms with Gasteiger partial charge in [0, 0.05) is 0 Å². The summed E-state index contributed by atoms with van der Waals surface area (Å²) in [4.78, 5) is 1.04. The van der Waals surface area contributed by atoms with Crippen LogP contribution in [-0.4, -0.2) is 24.4 Å². The van der Waals surface area contributed by atoms with Crippen LogP contribution in [-0.2, 0) is 15.3 Å². The van der Waals surface area contributed by atoms with Crippen LogP contribution in [0, 0.1) is 0 Å². The van der Waals surface area contributed by atoms with Crippen molar-refractivity contribution in [1.29, 1.82) is 0 Å². The maximum absolute atomic E-state index is 8.89. The van der Waals surface area contributed by atoms with E-state index >= 15 is 0 Å². The van der Waals surface area contributed by atoms with Crippen molar-refractivity contribution < 1.29 is 14.6 Å². The van der Waals surface area contributed by atoms with Crippen molar-refractivity contribution in [1.82, 2.24) is 0 Å². The van der Waals surface area contributed by atoms with Gasteiger partial charge in [-0.05, 0) is 18.4 Å². The van der Waals surface area contributed by atoms with Crippen LogP contribution in [0.15, 0.2) is 17.5 Å². The van der Waals surface area contributed by atoms with E-state index in [1.807, 2.05) is 24.4 Å². The van der Waals surface area contributed by atoms with E-state index in [0.717, 1.165) is 4.88 Å². The molecule has 13 heavy (non-hydrogen) atoms. The van der Waals surface area contributed by atoms with Crippen molar-refractivity contribution in [3.8, 4) is 0 Å². The summed E-state index contributed by atoms with van der Waals surface area (Å²) in [5, 5.41) is 10.9. The third kappa shape index (κ3) is 1.62. The Morgan fingerprint density at radius 2 is 2.62 bits per heavy atom. The quantitative estimate of drug-likeness (QED) is 0.782. The normalized spacial score (nSPS) is 33.8. The minimum atomic E-state index is -0.651. The Balaban J connectivity index is 2.15. The predicted molar refractivity (Wildman–Crippen MR) is 49.6 cm³/mol. The summed E-state index contributed by atoms with van der Waals surface area (Å²) in [5.41, 5.74) is 0. The molecule has 1 aromatic rings. The number of hydrogen-bond donors (Lipinski definition) is 1. The summed E-state index contributed by atoms with van der Waals surface area (Å²) in [6, 6.07) is 3.94. The van der Waals surface area contributed by atoms with E-state index in [0.29, 0.717) is 6.61 Å². The molecule has 0 aliphatic carbocycles. The first kappa shape index (κ1) is 9.15. The Morgan fingerprint density at radius 1 is 1.77 bits per heavy atom. The number of hydrogen-bond acceptors (Lipinski definition) is 4. The van der Waals surface area contributed by atoms with Crippen LogP contribution in [0.2, 0.25) is 0 Å². The summed E-state index contributed by atoms with van der Waals surface area (Å²) in [5.74, 6) is -0.651. The second-order valence-electron chi connectivity index (χ2n) is 3.16. The van der Waals surface area contributed by atoms with Gasteiger partial charge in [-0.25, -0.2) is 0 Å². The van der Waals surface area contributed by atoms with Gasteiger partial charge in [0.1, 0.15) is 6.10 Å². The van der Waals surface area contributed by atoms with E-state index in [4.69, 9.17) is 14.6 Å². The van der Waals surface area contributed by atoms with Crippen LogP contribution in [0.25, 0.3) is 0 Å². The molecule has 1 saturated heterocycles. The van der Waals surface area contributed by atoms with Gasteiger partial charge in [0.15, 0.2) is 0 Å². The van der Waals surface area contributed by atoms with E-state index in [2.05, 4.69) is 0 Å². The summed E-state index contributed by atoms with van der Waals surface area (Å²) in [6.07, 6.45) is -0.188. The van der Waals surface area contributed by atoms with Gasteiger partial charge in [0.25, 0.3) is 0 Å². The Bertz CT molecular complexity index is 272. The Labute approximate surface area is 80.9 Å². The molecule has 0 aromatic carbocycles. The molecule has 0 radical (unpaired) electrons. The molecule has 1 aliphatic heterocycles. The Kier molecular flexibility index (Phi) is 2.38. The first-order valence-electron chi connectivity index (χ1n) is 4.21. The lowest BCUT2D eigenvalue weighted by Crippen LogP contribution is -2.23. The molecule has 0 amide bonds. The molecule has 2 heterocycles. The fourth-order valence-corrected chi connectivity index (χ4v) is 2.18. The zero-order chi connectivity index (χ0) is 9.31. The van der Waals surface area contributed by atoms with Gasteiger partial charge in [0.05, 0.1) is 18.1 Å². The molecule has 1 aliphatic rings. The summed E-state index contributed by atoms with van der Waals surface area (Å²) >= 11 is 1.60. The molecule has 1 N–H and O–H groups in total. The van der Waals surface area contributed by atoms with Crippen molar-refractivity contribution in [3.63, 3.8) is 0 Å². The number of aliphatic hydroxyl groups excluding tert-OH is 1. The standard InChI is InChI=1S/C9H12O3S/c1-9(8-3-2-4-13-8)11-6-7(5-10)12-9/h2-4,7,10H,5-6H2,1H3. The molecular formula is C9H12O3S. The minimum absolute atomic E-state index is 0.0148. The first-order valence-corrected chi connectivity index (χ1v) is 5.09. The summed E-state index contributed by atoms with van der Waals surface area (Å²) < 4.78 is 11.1. The van der Waals surface area contributed by atoms with Gasteiger partial charge >= 0.3 is 0 Å². The van der Waals surface area contributed by atoms with Crippen molar-refractivity contribution in [2.75, 3.05) is 13.2 Å². The lowest BCUT2D eigenvalue weighted by Gasteiger charge is -2.21. The highest BCUT2D eigenvalue weighted by atomic mass is 32.1. The summed E-state index contributed by atoms with van der Waals surface area (Å²) in [7, 11) is 0. The third-order valence-corrected chi connectivity index (χ3v) is 3.16. The van der Waals surface area contributed by atoms with Crippen LogP contribution in [0.1, 0.15) is 11.8 Å². The highest BCUT2D eigenvalue weighted by Crippen LogP contribution is 2.35. The largest absolute Gasteiger partial charge is 0.394 e. The SMILES string of the molecule is CC1(c2cccs2)OCC(CO)O1. The fourth-order valence-electron chi connectivity index (χ4n) is 1.39. The predicted octanol–water partition coefficient (Wildman–Crippen LogP) is 1.33. The smallest absolute Gasteiger partial charge is 0.201 e. The van der Waals surface area contributed by atoms with E-state index in [9.17, 15) is 0 Å².